The van der Waals surface area contributed by atoms with Crippen LogP contribution in [-0.4, -0.2) is 23.6 Å². The molecule has 0 aromatic heterocycles. The summed E-state index contributed by atoms with van der Waals surface area (Å²) >= 11 is 10.4. The van der Waals surface area contributed by atoms with Crippen LogP contribution < -0.4 is 15.0 Å². The second kappa shape index (κ2) is 10.5. The summed E-state index contributed by atoms with van der Waals surface area (Å²) in [5, 5.41) is 11.7. The Bertz CT molecular complexity index is 1290. The maximum absolute atomic E-state index is 13.1. The van der Waals surface area contributed by atoms with Crippen LogP contribution in [0.3, 0.4) is 0 Å². The Hall–Kier alpha value is -3.07. The monoisotopic (exact) mass is 555 g/mol. The number of amidine groups is 1. The number of hydrogen-bond acceptors (Lipinski definition) is 5. The van der Waals surface area contributed by atoms with Crippen molar-refractivity contribution in [2.45, 2.75) is 6.92 Å². The lowest BCUT2D eigenvalue weighted by Crippen LogP contribution is -2.28. The zero-order valence-corrected chi connectivity index (χ0v) is 21.1. The van der Waals surface area contributed by atoms with Gasteiger partial charge in [0.25, 0.3) is 11.8 Å². The van der Waals surface area contributed by atoms with Crippen LogP contribution in [0.15, 0.2) is 76.1 Å². The minimum atomic E-state index is -0.331. The van der Waals surface area contributed by atoms with E-state index in [1.807, 2.05) is 31.2 Å². The zero-order chi connectivity index (χ0) is 24.2. The van der Waals surface area contributed by atoms with E-state index < -0.39 is 0 Å². The average molecular weight is 557 g/mol. The summed E-state index contributed by atoms with van der Waals surface area (Å²) in [5.41, 5.74) is 2.93. The minimum absolute atomic E-state index is 0.125. The van der Waals surface area contributed by atoms with Crippen LogP contribution in [-0.2, 0) is 9.59 Å². The molecule has 2 N–H and O–H groups in total. The number of carbonyl (C=O) groups is 2. The summed E-state index contributed by atoms with van der Waals surface area (Å²) in [6.07, 6.45) is 1.67. The summed E-state index contributed by atoms with van der Waals surface area (Å²) in [6, 6.07) is 19.5. The van der Waals surface area contributed by atoms with Gasteiger partial charge in [0, 0.05) is 20.7 Å². The first kappa shape index (κ1) is 24.1. The summed E-state index contributed by atoms with van der Waals surface area (Å²) < 4.78 is 6.55. The van der Waals surface area contributed by atoms with E-state index in [9.17, 15) is 9.59 Å². The van der Waals surface area contributed by atoms with Crippen molar-refractivity contribution in [3.63, 3.8) is 0 Å². The number of carbonyl (C=O) groups excluding carboxylic acids is 2. The lowest BCUT2D eigenvalue weighted by Gasteiger charge is -2.14. The molecule has 4 rings (SSSR count). The highest BCUT2D eigenvalue weighted by Crippen LogP contribution is 2.37. The first-order valence-electron chi connectivity index (χ1n) is 10.2. The minimum Gasteiger partial charge on any atom is -0.483 e. The van der Waals surface area contributed by atoms with E-state index in [1.165, 1.54) is 4.90 Å². The highest BCUT2D eigenvalue weighted by atomic mass is 79.9. The molecule has 1 fully saturated rings. The Morgan fingerprint density at radius 1 is 1.15 bits per heavy atom. The smallest absolute Gasteiger partial charge is 0.271 e. The summed E-state index contributed by atoms with van der Waals surface area (Å²) in [4.78, 5) is 27.1. The molecule has 0 atom stereocenters. The van der Waals surface area contributed by atoms with E-state index in [4.69, 9.17) is 21.7 Å². The van der Waals surface area contributed by atoms with E-state index in [0.717, 1.165) is 21.8 Å². The van der Waals surface area contributed by atoms with Gasteiger partial charge in [0.1, 0.15) is 5.75 Å². The molecule has 1 aliphatic heterocycles. The molecule has 0 saturated carbocycles. The highest BCUT2D eigenvalue weighted by molar-refractivity contribution is 9.10. The third-order valence-corrected chi connectivity index (χ3v) is 6.49. The Morgan fingerprint density at radius 3 is 2.56 bits per heavy atom. The van der Waals surface area contributed by atoms with Crippen molar-refractivity contribution in [1.29, 1.82) is 5.41 Å². The fraction of sp³-hybridized carbons (Fsp3) is 0.0800. The summed E-state index contributed by atoms with van der Waals surface area (Å²) in [6.45, 7) is 1.75. The van der Waals surface area contributed by atoms with Crippen LogP contribution in [0.5, 0.6) is 5.75 Å². The van der Waals surface area contributed by atoms with E-state index in [1.54, 1.807) is 48.5 Å². The number of nitrogens with zero attached hydrogens (tertiary/aromatic N) is 1. The molecular weight excluding hydrogens is 538 g/mol. The highest BCUT2D eigenvalue weighted by Gasteiger charge is 2.33. The normalized spacial score (nSPS) is 14.6. The van der Waals surface area contributed by atoms with Gasteiger partial charge in [-0.25, -0.2) is 0 Å². The first-order valence-corrected chi connectivity index (χ1v) is 12.2. The van der Waals surface area contributed by atoms with E-state index >= 15 is 0 Å². The second-order valence-electron chi connectivity index (χ2n) is 7.42. The van der Waals surface area contributed by atoms with Gasteiger partial charge in [0.2, 0.25) is 0 Å². The number of ether oxygens (including phenoxy) is 1. The van der Waals surface area contributed by atoms with Crippen LogP contribution in [0.1, 0.15) is 11.1 Å². The number of hydrogen-bond donors (Lipinski definition) is 2. The molecule has 1 aliphatic rings. The molecule has 3 aromatic rings. The average Bonchev–Trinajstić information content (AvgIpc) is 3.08. The molecule has 1 saturated heterocycles. The molecular formula is C25H19BrClN3O3S. The van der Waals surface area contributed by atoms with E-state index in [-0.39, 0.29) is 23.6 Å². The van der Waals surface area contributed by atoms with Gasteiger partial charge in [-0.15, -0.1) is 0 Å². The van der Waals surface area contributed by atoms with Gasteiger partial charge in [-0.1, -0.05) is 45.2 Å². The predicted molar refractivity (Wildman–Crippen MR) is 142 cm³/mol. The number of thioether (sulfide) groups is 1. The van der Waals surface area contributed by atoms with Crippen molar-refractivity contribution in [1.82, 2.24) is 0 Å². The Balaban J connectivity index is 1.51. The molecule has 1 heterocycles. The van der Waals surface area contributed by atoms with Crippen molar-refractivity contribution >= 4 is 73.7 Å². The number of nitrogens with one attached hydrogen (secondary N) is 2. The molecule has 0 aliphatic carbocycles. The number of anilines is 2. The van der Waals surface area contributed by atoms with Crippen molar-refractivity contribution in [3.05, 3.63) is 92.3 Å². The topological polar surface area (TPSA) is 82.5 Å². The molecule has 0 bridgehead atoms. The van der Waals surface area contributed by atoms with Gasteiger partial charge in [0.15, 0.2) is 11.8 Å². The third-order valence-electron chi connectivity index (χ3n) is 4.86. The second-order valence-corrected chi connectivity index (χ2v) is 9.80. The van der Waals surface area contributed by atoms with Gasteiger partial charge in [-0.05, 0) is 79.4 Å². The van der Waals surface area contributed by atoms with Crippen molar-refractivity contribution in [2.75, 3.05) is 16.8 Å². The predicted octanol–water partition coefficient (Wildman–Crippen LogP) is 6.48. The Morgan fingerprint density at radius 2 is 1.85 bits per heavy atom. The fourth-order valence-corrected chi connectivity index (χ4v) is 4.55. The quantitative estimate of drug-likeness (QED) is 0.340. The van der Waals surface area contributed by atoms with Crippen LogP contribution >= 0.6 is 39.3 Å². The first-order chi connectivity index (χ1) is 16.3. The van der Waals surface area contributed by atoms with Gasteiger partial charge in [-0.2, -0.15) is 0 Å². The van der Waals surface area contributed by atoms with Gasteiger partial charge >= 0.3 is 0 Å². The molecule has 3 aromatic carbocycles. The van der Waals surface area contributed by atoms with Crippen molar-refractivity contribution in [2.24, 2.45) is 0 Å². The largest absolute Gasteiger partial charge is 0.483 e. The Kier molecular flexibility index (Phi) is 7.41. The standard InChI is InChI=1S/C25H19BrClN3O3S/c1-15-2-9-20(10-3-15)30-24(32)22(34-25(30)28)13-16-12-17(26)4-11-21(16)33-14-23(31)29-19-7-5-18(27)6-8-19/h2-13,28H,14H2,1H3,(H,29,31)/b22-13-,28-25?. The maximum Gasteiger partial charge on any atom is 0.271 e. The molecule has 2 amide bonds. The van der Waals surface area contributed by atoms with Crippen LogP contribution in [0.4, 0.5) is 11.4 Å². The SMILES string of the molecule is Cc1ccc(N2C(=N)S/C(=C\c3cc(Br)ccc3OCC(=O)Nc3ccc(Cl)cc3)C2=O)cc1. The van der Waals surface area contributed by atoms with Gasteiger partial charge in [-0.3, -0.25) is 19.9 Å². The van der Waals surface area contributed by atoms with Gasteiger partial charge in [0.05, 0.1) is 10.6 Å². The number of halogens is 2. The number of benzene rings is 3. The molecule has 34 heavy (non-hydrogen) atoms. The molecule has 0 radical (unpaired) electrons. The number of rotatable bonds is 6. The van der Waals surface area contributed by atoms with Crippen LogP contribution in [0.2, 0.25) is 5.02 Å². The lowest BCUT2D eigenvalue weighted by atomic mass is 10.1. The lowest BCUT2D eigenvalue weighted by molar-refractivity contribution is -0.118. The third kappa shape index (κ3) is 5.70. The van der Waals surface area contributed by atoms with E-state index in [0.29, 0.717) is 32.6 Å². The summed E-state index contributed by atoms with van der Waals surface area (Å²) in [5.74, 6) is -0.177. The number of amides is 2. The van der Waals surface area contributed by atoms with Gasteiger partial charge < -0.3 is 10.1 Å². The number of aryl methyl sites for hydroxylation is 1. The fourth-order valence-electron chi connectivity index (χ4n) is 3.19. The van der Waals surface area contributed by atoms with Crippen LogP contribution in [0, 0.1) is 12.3 Å². The Labute approximate surface area is 214 Å². The van der Waals surface area contributed by atoms with Crippen LogP contribution in [0.25, 0.3) is 6.08 Å². The van der Waals surface area contributed by atoms with Crippen molar-refractivity contribution in [3.8, 4) is 5.75 Å². The molecule has 172 valence electrons. The maximum atomic E-state index is 13.1. The zero-order valence-electron chi connectivity index (χ0n) is 18.0. The van der Waals surface area contributed by atoms with Crippen molar-refractivity contribution < 1.29 is 14.3 Å². The summed E-state index contributed by atoms with van der Waals surface area (Å²) in [7, 11) is 0. The molecule has 0 unspecified atom stereocenters. The molecule has 0 spiro atoms. The van der Waals surface area contributed by atoms with E-state index in [2.05, 4.69) is 21.2 Å². The molecule has 6 nitrogen and oxygen atoms in total. The molecule has 9 heteroatoms.